The number of hydrogen-bond acceptors (Lipinski definition) is 2. The highest BCUT2D eigenvalue weighted by Crippen LogP contribution is 2.34. The van der Waals surface area contributed by atoms with E-state index in [9.17, 15) is 4.79 Å². The van der Waals surface area contributed by atoms with Crippen LogP contribution >= 0.6 is 0 Å². The molecule has 1 aliphatic heterocycles. The predicted molar refractivity (Wildman–Crippen MR) is 80.8 cm³/mol. The molecule has 3 heteroatoms. The topological polar surface area (TPSA) is 32.3 Å². The van der Waals surface area contributed by atoms with E-state index in [2.05, 4.69) is 48.3 Å². The van der Waals surface area contributed by atoms with E-state index in [0.29, 0.717) is 5.91 Å². The van der Waals surface area contributed by atoms with E-state index >= 15 is 0 Å². The predicted octanol–water partition coefficient (Wildman–Crippen LogP) is 2.32. The summed E-state index contributed by atoms with van der Waals surface area (Å²) in [7, 11) is 0. The minimum atomic E-state index is -0.0816. The Morgan fingerprint density at radius 2 is 2.15 bits per heavy atom. The highest BCUT2D eigenvalue weighted by atomic mass is 16.2. The summed E-state index contributed by atoms with van der Waals surface area (Å²) in [5, 5.41) is 3.39. The lowest BCUT2D eigenvalue weighted by Crippen LogP contribution is -2.60. The van der Waals surface area contributed by atoms with E-state index in [1.54, 1.807) is 0 Å². The van der Waals surface area contributed by atoms with Gasteiger partial charge in [0, 0.05) is 25.2 Å². The molecule has 1 fully saturated rings. The summed E-state index contributed by atoms with van der Waals surface area (Å²) in [5.74, 6) is 0.390. The van der Waals surface area contributed by atoms with Crippen LogP contribution in [0.15, 0.2) is 24.3 Å². The second kappa shape index (κ2) is 5.21. The standard InChI is InChI=1S/C17H24N2O/c1-17(2)12-18-10-11-19(17)16(20)15-9-5-7-13-6-3-4-8-14(13)15/h3-4,6,8,15,18H,5,7,9-12H2,1-2H3. The fourth-order valence-electron chi connectivity index (χ4n) is 3.59. The van der Waals surface area contributed by atoms with Crippen molar-refractivity contribution < 1.29 is 4.79 Å². The minimum Gasteiger partial charge on any atom is -0.334 e. The van der Waals surface area contributed by atoms with Crippen LogP contribution in [0.5, 0.6) is 0 Å². The summed E-state index contributed by atoms with van der Waals surface area (Å²) in [4.78, 5) is 15.1. The Labute approximate surface area is 121 Å². The zero-order valence-corrected chi connectivity index (χ0v) is 12.5. The number of nitrogens with one attached hydrogen (secondary N) is 1. The van der Waals surface area contributed by atoms with Crippen LogP contribution in [-0.4, -0.2) is 36.0 Å². The molecule has 1 aromatic carbocycles. The van der Waals surface area contributed by atoms with Gasteiger partial charge < -0.3 is 10.2 Å². The van der Waals surface area contributed by atoms with Crippen molar-refractivity contribution in [3.63, 3.8) is 0 Å². The number of fused-ring (bicyclic) bond motifs is 1. The third-order valence-electron chi connectivity index (χ3n) is 4.73. The van der Waals surface area contributed by atoms with Gasteiger partial charge >= 0.3 is 0 Å². The fourth-order valence-corrected chi connectivity index (χ4v) is 3.59. The summed E-state index contributed by atoms with van der Waals surface area (Å²) in [6, 6.07) is 8.47. The molecule has 108 valence electrons. The zero-order chi connectivity index (χ0) is 14.2. The molecule has 1 saturated heterocycles. The Kier molecular flexibility index (Phi) is 3.55. The van der Waals surface area contributed by atoms with E-state index < -0.39 is 0 Å². The molecule has 0 bridgehead atoms. The quantitative estimate of drug-likeness (QED) is 0.851. The zero-order valence-electron chi connectivity index (χ0n) is 12.5. The lowest BCUT2D eigenvalue weighted by Gasteiger charge is -2.45. The Bertz CT molecular complexity index is 509. The van der Waals surface area contributed by atoms with Crippen LogP contribution in [-0.2, 0) is 11.2 Å². The molecule has 1 unspecified atom stereocenters. The number of nitrogens with zero attached hydrogens (tertiary/aromatic N) is 1. The first kappa shape index (κ1) is 13.6. The maximum Gasteiger partial charge on any atom is 0.230 e. The molecular weight excluding hydrogens is 248 g/mol. The van der Waals surface area contributed by atoms with Crippen molar-refractivity contribution in [2.75, 3.05) is 19.6 Å². The van der Waals surface area contributed by atoms with Gasteiger partial charge in [-0.05, 0) is 44.2 Å². The van der Waals surface area contributed by atoms with Gasteiger partial charge in [-0.25, -0.2) is 0 Å². The lowest BCUT2D eigenvalue weighted by atomic mass is 9.81. The van der Waals surface area contributed by atoms with Gasteiger partial charge in [0.2, 0.25) is 5.91 Å². The van der Waals surface area contributed by atoms with E-state index in [1.807, 2.05) is 0 Å². The smallest absolute Gasteiger partial charge is 0.230 e. The van der Waals surface area contributed by atoms with Crippen LogP contribution in [0.2, 0.25) is 0 Å². The molecule has 0 aromatic heterocycles. The SMILES string of the molecule is CC1(C)CNCCN1C(=O)C1CCCc2ccccc21. The first-order chi connectivity index (χ1) is 9.59. The average Bonchev–Trinajstić information content (AvgIpc) is 2.45. The fraction of sp³-hybridized carbons (Fsp3) is 0.588. The summed E-state index contributed by atoms with van der Waals surface area (Å²) in [5.41, 5.74) is 2.55. The van der Waals surface area contributed by atoms with Gasteiger partial charge in [0.05, 0.1) is 5.92 Å². The molecule has 1 amide bonds. The van der Waals surface area contributed by atoms with Gasteiger partial charge in [0.1, 0.15) is 0 Å². The molecule has 2 aliphatic rings. The molecule has 20 heavy (non-hydrogen) atoms. The van der Waals surface area contributed by atoms with E-state index in [4.69, 9.17) is 0 Å². The number of carbonyl (C=O) groups excluding carboxylic acids is 1. The molecule has 1 aromatic rings. The first-order valence-corrected chi connectivity index (χ1v) is 7.69. The largest absolute Gasteiger partial charge is 0.334 e. The molecular formula is C17H24N2O. The molecule has 1 N–H and O–H groups in total. The number of hydrogen-bond donors (Lipinski definition) is 1. The molecule has 1 heterocycles. The van der Waals surface area contributed by atoms with Crippen molar-refractivity contribution in [3.8, 4) is 0 Å². The second-order valence-electron chi connectivity index (χ2n) is 6.62. The second-order valence-corrected chi connectivity index (χ2v) is 6.62. The first-order valence-electron chi connectivity index (χ1n) is 7.69. The Morgan fingerprint density at radius 3 is 2.95 bits per heavy atom. The Balaban J connectivity index is 1.88. The minimum absolute atomic E-state index is 0.0670. The third-order valence-corrected chi connectivity index (χ3v) is 4.73. The lowest BCUT2D eigenvalue weighted by molar-refractivity contribution is -0.139. The van der Waals surface area contributed by atoms with E-state index in [-0.39, 0.29) is 11.5 Å². The van der Waals surface area contributed by atoms with Gasteiger partial charge in [0.15, 0.2) is 0 Å². The van der Waals surface area contributed by atoms with Crippen LogP contribution < -0.4 is 5.32 Å². The molecule has 1 atom stereocenters. The number of piperazine rings is 1. The van der Waals surface area contributed by atoms with Crippen molar-refractivity contribution in [3.05, 3.63) is 35.4 Å². The Morgan fingerprint density at radius 1 is 1.35 bits per heavy atom. The van der Waals surface area contributed by atoms with E-state index in [0.717, 1.165) is 38.9 Å². The van der Waals surface area contributed by atoms with Crippen molar-refractivity contribution in [2.24, 2.45) is 0 Å². The highest BCUT2D eigenvalue weighted by molar-refractivity contribution is 5.85. The number of aryl methyl sites for hydroxylation is 1. The number of carbonyl (C=O) groups is 1. The van der Waals surface area contributed by atoms with Crippen LogP contribution in [0.3, 0.4) is 0 Å². The van der Waals surface area contributed by atoms with Crippen LogP contribution in [0.25, 0.3) is 0 Å². The van der Waals surface area contributed by atoms with Gasteiger partial charge in [-0.15, -0.1) is 0 Å². The summed E-state index contributed by atoms with van der Waals surface area (Å²) >= 11 is 0. The molecule has 3 rings (SSSR count). The van der Waals surface area contributed by atoms with Crippen LogP contribution in [0.1, 0.15) is 43.7 Å². The molecule has 3 nitrogen and oxygen atoms in total. The van der Waals surface area contributed by atoms with E-state index in [1.165, 1.54) is 11.1 Å². The average molecular weight is 272 g/mol. The highest BCUT2D eigenvalue weighted by Gasteiger charge is 2.38. The van der Waals surface area contributed by atoms with Crippen molar-refractivity contribution in [1.29, 1.82) is 0 Å². The maximum absolute atomic E-state index is 13.0. The maximum atomic E-state index is 13.0. The van der Waals surface area contributed by atoms with Gasteiger partial charge in [-0.1, -0.05) is 24.3 Å². The van der Waals surface area contributed by atoms with Gasteiger partial charge in [0.25, 0.3) is 0 Å². The summed E-state index contributed by atoms with van der Waals surface area (Å²) < 4.78 is 0. The number of benzene rings is 1. The number of rotatable bonds is 1. The summed E-state index contributed by atoms with van der Waals surface area (Å²) in [6.45, 7) is 6.93. The normalized spacial score (nSPS) is 25.1. The molecule has 1 aliphatic carbocycles. The van der Waals surface area contributed by atoms with Crippen molar-refractivity contribution >= 4 is 5.91 Å². The van der Waals surface area contributed by atoms with Crippen LogP contribution in [0, 0.1) is 0 Å². The van der Waals surface area contributed by atoms with Crippen molar-refractivity contribution in [2.45, 2.75) is 44.6 Å². The summed E-state index contributed by atoms with van der Waals surface area (Å²) in [6.07, 6.45) is 3.24. The molecule has 0 radical (unpaired) electrons. The monoisotopic (exact) mass is 272 g/mol. The Hall–Kier alpha value is -1.35. The third kappa shape index (κ3) is 2.35. The molecule has 0 saturated carbocycles. The van der Waals surface area contributed by atoms with Crippen molar-refractivity contribution in [1.82, 2.24) is 10.2 Å². The van der Waals surface area contributed by atoms with Gasteiger partial charge in [-0.3, -0.25) is 4.79 Å². The van der Waals surface area contributed by atoms with Crippen LogP contribution in [0.4, 0.5) is 0 Å². The van der Waals surface area contributed by atoms with Gasteiger partial charge in [-0.2, -0.15) is 0 Å². The number of amides is 1. The molecule has 0 spiro atoms.